The number of carbonyl (C=O) groups is 2. The number of amides is 2. The average molecular weight is 564 g/mol. The van der Waals surface area contributed by atoms with Gasteiger partial charge in [-0.15, -0.1) is 0 Å². The Morgan fingerprint density at radius 2 is 1.63 bits per heavy atom. The van der Waals surface area contributed by atoms with Crippen LogP contribution in [0.25, 0.3) is 22.0 Å². The summed E-state index contributed by atoms with van der Waals surface area (Å²) in [5.74, 6) is -3.11. The Morgan fingerprint density at radius 3 is 2.32 bits per heavy atom. The average Bonchev–Trinajstić information content (AvgIpc) is 3.29. The van der Waals surface area contributed by atoms with Crippen molar-refractivity contribution >= 4 is 28.5 Å². The molecule has 3 aromatic carbocycles. The van der Waals surface area contributed by atoms with E-state index in [-0.39, 0.29) is 36.1 Å². The number of hydrogen-bond acceptors (Lipinski definition) is 4. The molecule has 0 spiro atoms. The van der Waals surface area contributed by atoms with E-state index in [1.807, 2.05) is 0 Å². The summed E-state index contributed by atoms with van der Waals surface area (Å²) >= 11 is 0. The fourth-order valence-corrected chi connectivity index (χ4v) is 4.20. The van der Waals surface area contributed by atoms with Crippen LogP contribution >= 0.6 is 0 Å². The molecule has 0 atom stereocenters. The molecule has 0 aliphatic rings. The normalized spacial score (nSPS) is 10.7. The molecule has 0 saturated heterocycles. The summed E-state index contributed by atoms with van der Waals surface area (Å²) in [6.07, 6.45) is 1.70. The Morgan fingerprint density at radius 1 is 0.902 bits per heavy atom. The van der Waals surface area contributed by atoms with Gasteiger partial charge in [0.2, 0.25) is 5.91 Å². The SMILES string of the molecule is Cc1cc(F)cc(F)c1.NC(=O)c1cc(-c2ccc(N)nc2CNC(=O)Cc2c[nH]c3ccc(F)cc23)ccc1F. The number of nitrogens with two attached hydrogens (primary N) is 2. The van der Waals surface area contributed by atoms with Crippen molar-refractivity contribution in [2.45, 2.75) is 19.9 Å². The highest BCUT2D eigenvalue weighted by molar-refractivity contribution is 5.94. The number of rotatable bonds is 6. The molecule has 11 heteroatoms. The monoisotopic (exact) mass is 563 g/mol. The largest absolute Gasteiger partial charge is 0.384 e. The van der Waals surface area contributed by atoms with E-state index >= 15 is 0 Å². The van der Waals surface area contributed by atoms with E-state index in [2.05, 4.69) is 15.3 Å². The first-order valence-corrected chi connectivity index (χ1v) is 12.3. The summed E-state index contributed by atoms with van der Waals surface area (Å²) in [4.78, 5) is 31.3. The van der Waals surface area contributed by atoms with Crippen LogP contribution in [0.15, 0.2) is 72.9 Å². The molecule has 5 aromatic rings. The van der Waals surface area contributed by atoms with Crippen LogP contribution < -0.4 is 16.8 Å². The Hall–Kier alpha value is -5.19. The van der Waals surface area contributed by atoms with Crippen LogP contribution in [-0.2, 0) is 17.8 Å². The second-order valence-corrected chi connectivity index (χ2v) is 9.19. The number of nitrogens with zero attached hydrogens (tertiary/aromatic N) is 1. The van der Waals surface area contributed by atoms with E-state index in [1.54, 1.807) is 31.3 Å². The van der Waals surface area contributed by atoms with Crippen LogP contribution in [-0.4, -0.2) is 21.8 Å². The maximum atomic E-state index is 13.9. The minimum Gasteiger partial charge on any atom is -0.384 e. The first kappa shape index (κ1) is 28.8. The minimum absolute atomic E-state index is 0.0312. The molecule has 41 heavy (non-hydrogen) atoms. The van der Waals surface area contributed by atoms with Crippen LogP contribution in [0.3, 0.4) is 0 Å². The topological polar surface area (TPSA) is 127 Å². The standard InChI is InChI=1S/C23H19F2N5O2.C7H6F2/c24-14-2-5-19-16(9-14)13(10-28-19)8-22(31)29-11-20-15(3-6-21(26)30-20)12-1-4-18(25)17(7-12)23(27)32;1-5-2-6(8)4-7(9)3-5/h1-7,9-10,28H,8,11H2,(H2,26,30)(H2,27,32)(H,29,31);2-4H,1H3. The van der Waals surface area contributed by atoms with Crippen LogP contribution in [0.1, 0.15) is 27.2 Å². The third-order valence-electron chi connectivity index (χ3n) is 6.08. The number of hydrogen-bond donors (Lipinski definition) is 4. The van der Waals surface area contributed by atoms with Crippen LogP contribution in [0.2, 0.25) is 0 Å². The molecule has 0 unspecified atom stereocenters. The molecule has 0 saturated carbocycles. The van der Waals surface area contributed by atoms with Gasteiger partial charge in [-0.3, -0.25) is 9.59 Å². The van der Waals surface area contributed by atoms with Gasteiger partial charge in [-0.2, -0.15) is 0 Å². The molecule has 0 fully saturated rings. The van der Waals surface area contributed by atoms with Crippen molar-refractivity contribution in [1.82, 2.24) is 15.3 Å². The number of carbonyl (C=O) groups excluding carboxylic acids is 2. The Kier molecular flexibility index (Phi) is 8.66. The minimum atomic E-state index is -0.891. The van der Waals surface area contributed by atoms with Crippen molar-refractivity contribution in [3.8, 4) is 11.1 Å². The zero-order valence-corrected chi connectivity index (χ0v) is 21.8. The molecule has 7 nitrogen and oxygen atoms in total. The summed E-state index contributed by atoms with van der Waals surface area (Å²) in [6, 6.07) is 14.9. The van der Waals surface area contributed by atoms with E-state index in [0.29, 0.717) is 33.3 Å². The number of halogens is 4. The number of nitrogens with one attached hydrogen (secondary N) is 2. The first-order valence-electron chi connectivity index (χ1n) is 12.3. The Balaban J connectivity index is 0.000000367. The van der Waals surface area contributed by atoms with E-state index in [4.69, 9.17) is 11.5 Å². The summed E-state index contributed by atoms with van der Waals surface area (Å²) in [7, 11) is 0. The van der Waals surface area contributed by atoms with Gasteiger partial charge in [0.1, 0.15) is 29.1 Å². The maximum absolute atomic E-state index is 13.9. The summed E-state index contributed by atoms with van der Waals surface area (Å²) < 4.78 is 51.8. The number of anilines is 1. The molecule has 0 bridgehead atoms. The van der Waals surface area contributed by atoms with Gasteiger partial charge < -0.3 is 21.8 Å². The van der Waals surface area contributed by atoms with E-state index in [1.165, 1.54) is 36.4 Å². The number of benzene rings is 3. The highest BCUT2D eigenvalue weighted by Crippen LogP contribution is 2.26. The van der Waals surface area contributed by atoms with E-state index in [0.717, 1.165) is 17.6 Å². The number of pyridine rings is 1. The fraction of sp³-hybridized carbons (Fsp3) is 0.100. The highest BCUT2D eigenvalue weighted by atomic mass is 19.1. The van der Waals surface area contributed by atoms with Gasteiger partial charge in [0.15, 0.2) is 0 Å². The lowest BCUT2D eigenvalue weighted by Gasteiger charge is -2.12. The highest BCUT2D eigenvalue weighted by Gasteiger charge is 2.15. The molecule has 2 aromatic heterocycles. The quantitative estimate of drug-likeness (QED) is 0.209. The molecule has 6 N–H and O–H groups in total. The number of aryl methyl sites for hydroxylation is 1. The first-order chi connectivity index (χ1) is 19.5. The predicted molar refractivity (Wildman–Crippen MR) is 147 cm³/mol. The number of aromatic amines is 1. The van der Waals surface area contributed by atoms with Crippen LogP contribution in [0, 0.1) is 30.2 Å². The van der Waals surface area contributed by atoms with Gasteiger partial charge in [0.25, 0.3) is 5.91 Å². The molecule has 5 rings (SSSR count). The zero-order chi connectivity index (χ0) is 29.7. The Bertz CT molecular complexity index is 1700. The lowest BCUT2D eigenvalue weighted by atomic mass is 10.0. The zero-order valence-electron chi connectivity index (χ0n) is 21.8. The van der Waals surface area contributed by atoms with Crippen LogP contribution in [0.4, 0.5) is 23.4 Å². The number of nitrogen functional groups attached to an aromatic ring is 1. The van der Waals surface area contributed by atoms with Crippen molar-refractivity contribution in [2.24, 2.45) is 5.73 Å². The number of H-pyrrole nitrogens is 1. The molecule has 2 heterocycles. The molecule has 210 valence electrons. The van der Waals surface area contributed by atoms with Gasteiger partial charge in [-0.05, 0) is 78.2 Å². The predicted octanol–water partition coefficient (Wildman–Crippen LogP) is 5.32. The van der Waals surface area contributed by atoms with E-state index < -0.39 is 23.4 Å². The second kappa shape index (κ2) is 12.3. The smallest absolute Gasteiger partial charge is 0.251 e. The van der Waals surface area contributed by atoms with Crippen molar-refractivity contribution in [2.75, 3.05) is 5.73 Å². The molecular weight excluding hydrogens is 538 g/mol. The van der Waals surface area contributed by atoms with Crippen LogP contribution in [0.5, 0.6) is 0 Å². The summed E-state index contributed by atoms with van der Waals surface area (Å²) in [5, 5.41) is 3.40. The van der Waals surface area contributed by atoms with Crippen molar-refractivity contribution in [3.05, 3.63) is 119 Å². The number of primary amides is 1. The summed E-state index contributed by atoms with van der Waals surface area (Å²) in [6.45, 7) is 1.69. The molecule has 0 aliphatic heterocycles. The van der Waals surface area contributed by atoms with E-state index in [9.17, 15) is 27.2 Å². The fourth-order valence-electron chi connectivity index (χ4n) is 4.20. The van der Waals surface area contributed by atoms with Gasteiger partial charge in [0, 0.05) is 28.7 Å². The molecule has 2 amide bonds. The summed E-state index contributed by atoms with van der Waals surface area (Å²) in [5.41, 5.74) is 14.3. The number of aromatic nitrogens is 2. The van der Waals surface area contributed by atoms with Crippen molar-refractivity contribution in [1.29, 1.82) is 0 Å². The maximum Gasteiger partial charge on any atom is 0.251 e. The lowest BCUT2D eigenvalue weighted by Crippen LogP contribution is -2.25. The van der Waals surface area contributed by atoms with Gasteiger partial charge in [0.05, 0.1) is 24.2 Å². The molecule has 0 radical (unpaired) electrons. The molecule has 0 aliphatic carbocycles. The Labute approximate surface area is 232 Å². The van der Waals surface area contributed by atoms with Crippen molar-refractivity contribution < 1.29 is 27.2 Å². The van der Waals surface area contributed by atoms with Gasteiger partial charge in [-0.1, -0.05) is 6.07 Å². The molecular formula is C30H25F4N5O2. The van der Waals surface area contributed by atoms with Gasteiger partial charge in [-0.25, -0.2) is 22.5 Å². The second-order valence-electron chi connectivity index (χ2n) is 9.19. The lowest BCUT2D eigenvalue weighted by molar-refractivity contribution is -0.120. The van der Waals surface area contributed by atoms with Crippen molar-refractivity contribution in [3.63, 3.8) is 0 Å². The van der Waals surface area contributed by atoms with Gasteiger partial charge >= 0.3 is 0 Å². The third kappa shape index (κ3) is 7.27. The number of fused-ring (bicyclic) bond motifs is 1. The third-order valence-corrected chi connectivity index (χ3v) is 6.08.